The molecule has 6 heteroatoms. The number of ether oxygens (including phenoxy) is 1. The highest BCUT2D eigenvalue weighted by Gasteiger charge is 2.10. The van der Waals surface area contributed by atoms with Gasteiger partial charge in [-0.1, -0.05) is 23.2 Å². The van der Waals surface area contributed by atoms with Gasteiger partial charge in [0.15, 0.2) is 11.0 Å². The van der Waals surface area contributed by atoms with Crippen LogP contribution in [0.4, 0.5) is 11.5 Å². The first-order chi connectivity index (χ1) is 9.01. The van der Waals surface area contributed by atoms with Gasteiger partial charge in [0.25, 0.3) is 0 Å². The van der Waals surface area contributed by atoms with Crippen LogP contribution in [0.1, 0.15) is 11.4 Å². The number of halogens is 2. The molecule has 1 heterocycles. The van der Waals surface area contributed by atoms with Crippen LogP contribution in [0.15, 0.2) is 18.2 Å². The largest absolute Gasteiger partial charge is 0.495 e. The highest BCUT2D eigenvalue weighted by atomic mass is 35.5. The van der Waals surface area contributed by atoms with Gasteiger partial charge in [-0.2, -0.15) is 0 Å². The minimum atomic E-state index is 0.310. The second-order valence-corrected chi connectivity index (χ2v) is 4.80. The molecule has 2 aromatic rings. The van der Waals surface area contributed by atoms with Crippen molar-refractivity contribution in [2.24, 2.45) is 0 Å². The quantitative estimate of drug-likeness (QED) is 0.924. The van der Waals surface area contributed by atoms with E-state index in [0.29, 0.717) is 27.4 Å². The Labute approximate surface area is 121 Å². The lowest BCUT2D eigenvalue weighted by molar-refractivity contribution is 0.417. The van der Waals surface area contributed by atoms with Crippen LogP contribution in [0.2, 0.25) is 10.2 Å². The zero-order chi connectivity index (χ0) is 14.0. The van der Waals surface area contributed by atoms with Crippen molar-refractivity contribution in [2.45, 2.75) is 13.8 Å². The molecule has 1 aromatic carbocycles. The van der Waals surface area contributed by atoms with Crippen molar-refractivity contribution < 1.29 is 4.74 Å². The summed E-state index contributed by atoms with van der Waals surface area (Å²) in [6.07, 6.45) is 0. The van der Waals surface area contributed by atoms with E-state index in [1.807, 2.05) is 13.8 Å². The third-order valence-corrected chi connectivity index (χ3v) is 3.18. The molecule has 0 aliphatic rings. The van der Waals surface area contributed by atoms with Crippen molar-refractivity contribution in [3.63, 3.8) is 0 Å². The fourth-order valence-corrected chi connectivity index (χ4v) is 1.95. The van der Waals surface area contributed by atoms with Gasteiger partial charge in [0.05, 0.1) is 24.2 Å². The van der Waals surface area contributed by atoms with Gasteiger partial charge in [-0.25, -0.2) is 9.97 Å². The fourth-order valence-electron chi connectivity index (χ4n) is 1.56. The van der Waals surface area contributed by atoms with Crippen LogP contribution in [-0.4, -0.2) is 17.1 Å². The molecule has 0 unspecified atom stereocenters. The Balaban J connectivity index is 2.41. The predicted octanol–water partition coefficient (Wildman–Crippen LogP) is 4.15. The maximum Gasteiger partial charge on any atom is 0.172 e. The van der Waals surface area contributed by atoms with Crippen molar-refractivity contribution in [1.29, 1.82) is 0 Å². The first-order valence-electron chi connectivity index (χ1n) is 5.62. The summed E-state index contributed by atoms with van der Waals surface area (Å²) >= 11 is 12.0. The Morgan fingerprint density at radius 1 is 1.11 bits per heavy atom. The smallest absolute Gasteiger partial charge is 0.172 e. The summed E-state index contributed by atoms with van der Waals surface area (Å²) in [6, 6.07) is 5.26. The lowest BCUT2D eigenvalue weighted by Crippen LogP contribution is -2.02. The molecule has 1 N–H and O–H groups in total. The molecule has 0 spiro atoms. The molecule has 2 rings (SSSR count). The van der Waals surface area contributed by atoms with Crippen molar-refractivity contribution in [3.8, 4) is 5.75 Å². The third-order valence-electron chi connectivity index (χ3n) is 2.68. The highest BCUT2D eigenvalue weighted by Crippen LogP contribution is 2.31. The third kappa shape index (κ3) is 3.08. The molecular formula is C13H13Cl2N3O. The summed E-state index contributed by atoms with van der Waals surface area (Å²) in [5.74, 6) is 1.13. The van der Waals surface area contributed by atoms with Crippen LogP contribution >= 0.6 is 23.2 Å². The molecule has 100 valence electrons. The van der Waals surface area contributed by atoms with Gasteiger partial charge in [0, 0.05) is 5.02 Å². The van der Waals surface area contributed by atoms with E-state index < -0.39 is 0 Å². The number of hydrogen-bond acceptors (Lipinski definition) is 4. The summed E-state index contributed by atoms with van der Waals surface area (Å²) in [5.41, 5.74) is 2.30. The van der Waals surface area contributed by atoms with Gasteiger partial charge in [-0.05, 0) is 32.0 Å². The predicted molar refractivity (Wildman–Crippen MR) is 77.8 cm³/mol. The van der Waals surface area contributed by atoms with Crippen LogP contribution in [0.5, 0.6) is 5.75 Å². The Morgan fingerprint density at radius 2 is 1.79 bits per heavy atom. The average Bonchev–Trinajstić information content (AvgIpc) is 2.36. The number of nitrogens with one attached hydrogen (secondary N) is 1. The van der Waals surface area contributed by atoms with Crippen LogP contribution < -0.4 is 10.1 Å². The van der Waals surface area contributed by atoms with Gasteiger partial charge in [0.1, 0.15) is 5.75 Å². The molecule has 0 bridgehead atoms. The molecule has 0 fully saturated rings. The van der Waals surface area contributed by atoms with E-state index in [0.717, 1.165) is 11.4 Å². The lowest BCUT2D eigenvalue weighted by Gasteiger charge is -2.12. The van der Waals surface area contributed by atoms with E-state index in [1.165, 1.54) is 0 Å². The molecule has 0 amide bonds. The van der Waals surface area contributed by atoms with Crippen LogP contribution in [0.25, 0.3) is 0 Å². The Bertz CT molecular complexity index is 617. The van der Waals surface area contributed by atoms with Crippen LogP contribution in [0, 0.1) is 13.8 Å². The standard InChI is InChI=1S/C13H13Cl2N3O/c1-7-8(2)17-13(12(15)16-7)18-10-6-9(14)4-5-11(10)19-3/h4-6H,1-3H3,(H,17,18). The van der Waals surface area contributed by atoms with Gasteiger partial charge in [0.2, 0.25) is 0 Å². The molecular weight excluding hydrogens is 285 g/mol. The first-order valence-corrected chi connectivity index (χ1v) is 6.38. The molecule has 4 nitrogen and oxygen atoms in total. The van der Waals surface area contributed by atoms with Crippen LogP contribution in [0.3, 0.4) is 0 Å². The number of benzene rings is 1. The number of rotatable bonds is 3. The maximum absolute atomic E-state index is 6.08. The average molecular weight is 298 g/mol. The normalized spacial score (nSPS) is 10.4. The van der Waals surface area contributed by atoms with Gasteiger partial charge < -0.3 is 10.1 Å². The van der Waals surface area contributed by atoms with Gasteiger partial charge >= 0.3 is 0 Å². The summed E-state index contributed by atoms with van der Waals surface area (Å²) in [6.45, 7) is 3.73. The zero-order valence-electron chi connectivity index (χ0n) is 10.8. The summed E-state index contributed by atoms with van der Waals surface area (Å²) < 4.78 is 5.25. The molecule has 19 heavy (non-hydrogen) atoms. The number of hydrogen-bond donors (Lipinski definition) is 1. The monoisotopic (exact) mass is 297 g/mol. The Morgan fingerprint density at radius 3 is 2.47 bits per heavy atom. The number of nitrogens with zero attached hydrogens (tertiary/aromatic N) is 2. The zero-order valence-corrected chi connectivity index (χ0v) is 12.3. The van der Waals surface area contributed by atoms with Crippen molar-refractivity contribution in [1.82, 2.24) is 9.97 Å². The summed E-state index contributed by atoms with van der Waals surface area (Å²) in [4.78, 5) is 8.58. The van der Waals surface area contributed by atoms with E-state index in [4.69, 9.17) is 27.9 Å². The number of methoxy groups -OCH3 is 1. The van der Waals surface area contributed by atoms with Crippen LogP contribution in [-0.2, 0) is 0 Å². The SMILES string of the molecule is COc1ccc(Cl)cc1Nc1nc(C)c(C)nc1Cl. The minimum absolute atomic E-state index is 0.310. The molecule has 0 aliphatic carbocycles. The molecule has 0 radical (unpaired) electrons. The van der Waals surface area contributed by atoms with E-state index in [1.54, 1.807) is 25.3 Å². The fraction of sp³-hybridized carbons (Fsp3) is 0.231. The highest BCUT2D eigenvalue weighted by molar-refractivity contribution is 6.32. The first kappa shape index (κ1) is 13.9. The minimum Gasteiger partial charge on any atom is -0.495 e. The molecule has 1 aromatic heterocycles. The van der Waals surface area contributed by atoms with Crippen molar-refractivity contribution in [2.75, 3.05) is 12.4 Å². The van der Waals surface area contributed by atoms with Crippen molar-refractivity contribution >= 4 is 34.7 Å². The Kier molecular flexibility index (Phi) is 4.12. The second kappa shape index (κ2) is 5.63. The number of aryl methyl sites for hydroxylation is 2. The Hall–Kier alpha value is -1.52. The summed E-state index contributed by atoms with van der Waals surface area (Å²) in [5, 5.41) is 3.99. The number of aromatic nitrogens is 2. The van der Waals surface area contributed by atoms with Crippen molar-refractivity contribution in [3.05, 3.63) is 39.8 Å². The van der Waals surface area contributed by atoms with E-state index >= 15 is 0 Å². The maximum atomic E-state index is 6.08. The molecule has 0 aliphatic heterocycles. The van der Waals surface area contributed by atoms with Gasteiger partial charge in [-0.15, -0.1) is 0 Å². The lowest BCUT2D eigenvalue weighted by atomic mass is 10.3. The van der Waals surface area contributed by atoms with E-state index in [2.05, 4.69) is 15.3 Å². The molecule has 0 saturated heterocycles. The summed E-state index contributed by atoms with van der Waals surface area (Å²) in [7, 11) is 1.59. The van der Waals surface area contributed by atoms with E-state index in [-0.39, 0.29) is 0 Å². The second-order valence-electron chi connectivity index (χ2n) is 4.00. The van der Waals surface area contributed by atoms with Gasteiger partial charge in [-0.3, -0.25) is 0 Å². The number of anilines is 2. The molecule has 0 saturated carbocycles. The van der Waals surface area contributed by atoms with E-state index in [9.17, 15) is 0 Å². The topological polar surface area (TPSA) is 47.0 Å². The molecule has 0 atom stereocenters.